The Morgan fingerprint density at radius 2 is 2.11 bits per heavy atom. The van der Waals surface area contributed by atoms with Crippen LogP contribution in [0.1, 0.15) is 0 Å². The summed E-state index contributed by atoms with van der Waals surface area (Å²) in [6.07, 6.45) is 1.53. The molecular formula is C5H6N2S2. The average molecular weight is 158 g/mol. The fourth-order valence-electron chi connectivity index (χ4n) is 0.445. The highest BCUT2D eigenvalue weighted by Gasteiger charge is 1.92. The fourth-order valence-corrected chi connectivity index (χ4v) is 0.913. The van der Waals surface area contributed by atoms with Gasteiger partial charge in [-0.15, -0.1) is 25.3 Å². The van der Waals surface area contributed by atoms with Crippen LogP contribution >= 0.6 is 25.3 Å². The van der Waals surface area contributed by atoms with Crippen molar-refractivity contribution in [2.24, 2.45) is 0 Å². The fraction of sp³-hybridized carbons (Fsp3) is 0. The van der Waals surface area contributed by atoms with Crippen molar-refractivity contribution < 1.29 is 0 Å². The van der Waals surface area contributed by atoms with E-state index in [0.717, 1.165) is 4.90 Å². The second-order valence-corrected chi connectivity index (χ2v) is 2.54. The summed E-state index contributed by atoms with van der Waals surface area (Å²) in [5, 5.41) is 0.634. The van der Waals surface area contributed by atoms with Crippen molar-refractivity contribution >= 4 is 30.9 Å². The van der Waals surface area contributed by atoms with Crippen LogP contribution in [0.3, 0.4) is 0 Å². The van der Waals surface area contributed by atoms with Crippen LogP contribution in [0.15, 0.2) is 22.2 Å². The molecule has 0 fully saturated rings. The summed E-state index contributed by atoms with van der Waals surface area (Å²) >= 11 is 8.04. The zero-order chi connectivity index (χ0) is 6.85. The van der Waals surface area contributed by atoms with Crippen LogP contribution in [0.25, 0.3) is 0 Å². The minimum atomic E-state index is 0.580. The van der Waals surface area contributed by atoms with Crippen LogP contribution in [0.4, 0.5) is 5.69 Å². The molecule has 1 aromatic heterocycles. The predicted molar refractivity (Wildman–Crippen MR) is 43.2 cm³/mol. The predicted octanol–water partition coefficient (Wildman–Crippen LogP) is 1.24. The smallest absolute Gasteiger partial charge is 0.0942 e. The maximum absolute atomic E-state index is 5.42. The average Bonchev–Trinajstić information content (AvgIpc) is 1.80. The first-order valence-electron chi connectivity index (χ1n) is 2.33. The molecule has 0 aliphatic rings. The number of hydrogen-bond acceptors (Lipinski definition) is 4. The lowest BCUT2D eigenvalue weighted by atomic mass is 10.4. The molecule has 1 aromatic rings. The number of nitrogens with two attached hydrogens (primary N) is 1. The summed E-state index contributed by atoms with van der Waals surface area (Å²) in [5.41, 5.74) is 6.00. The van der Waals surface area contributed by atoms with Gasteiger partial charge in [0.2, 0.25) is 0 Å². The summed E-state index contributed by atoms with van der Waals surface area (Å²) in [6, 6.07) is 1.70. The Hall–Kier alpha value is -0.350. The van der Waals surface area contributed by atoms with Gasteiger partial charge in [-0.3, -0.25) is 0 Å². The molecule has 0 radical (unpaired) electrons. The molecule has 0 amide bonds. The molecule has 0 aliphatic heterocycles. The summed E-state index contributed by atoms with van der Waals surface area (Å²) in [5.74, 6) is 0. The molecule has 0 bridgehead atoms. The standard InChI is InChI=1S/C5H6N2S2/c6-3-2-7-5(9)1-4(3)8/h1-2H,6H2,(H2,7,8,9). The van der Waals surface area contributed by atoms with Crippen LogP contribution in [0, 0.1) is 0 Å². The summed E-state index contributed by atoms with van der Waals surface area (Å²) in [4.78, 5) is 4.55. The van der Waals surface area contributed by atoms with Gasteiger partial charge in [0.15, 0.2) is 0 Å². The maximum atomic E-state index is 5.42. The van der Waals surface area contributed by atoms with E-state index in [2.05, 4.69) is 30.2 Å². The molecule has 0 spiro atoms. The van der Waals surface area contributed by atoms with Crippen molar-refractivity contribution in [1.82, 2.24) is 4.98 Å². The molecule has 2 nitrogen and oxygen atoms in total. The Morgan fingerprint density at radius 3 is 2.56 bits per heavy atom. The van der Waals surface area contributed by atoms with Crippen LogP contribution in [-0.4, -0.2) is 4.98 Å². The minimum Gasteiger partial charge on any atom is -0.397 e. The quantitative estimate of drug-likeness (QED) is 0.497. The second-order valence-electron chi connectivity index (χ2n) is 1.60. The van der Waals surface area contributed by atoms with Crippen molar-refractivity contribution in [3.63, 3.8) is 0 Å². The maximum Gasteiger partial charge on any atom is 0.0942 e. The molecule has 1 heterocycles. The number of thiol groups is 2. The van der Waals surface area contributed by atoms with Crippen molar-refractivity contribution in [1.29, 1.82) is 0 Å². The van der Waals surface area contributed by atoms with Gasteiger partial charge in [-0.2, -0.15) is 0 Å². The lowest BCUT2D eigenvalue weighted by molar-refractivity contribution is 1.11. The zero-order valence-electron chi connectivity index (χ0n) is 4.57. The minimum absolute atomic E-state index is 0.580. The number of nitrogen functional groups attached to an aromatic ring is 1. The third-order valence-corrected chi connectivity index (χ3v) is 1.53. The zero-order valence-corrected chi connectivity index (χ0v) is 6.36. The van der Waals surface area contributed by atoms with E-state index in [1.54, 1.807) is 6.07 Å². The van der Waals surface area contributed by atoms with Crippen molar-refractivity contribution in [2.45, 2.75) is 9.92 Å². The van der Waals surface area contributed by atoms with Gasteiger partial charge in [0.1, 0.15) is 0 Å². The lowest BCUT2D eigenvalue weighted by Crippen LogP contribution is -1.87. The first-order valence-corrected chi connectivity index (χ1v) is 3.23. The Balaban J connectivity index is 3.17. The molecule has 0 aromatic carbocycles. The molecule has 9 heavy (non-hydrogen) atoms. The monoisotopic (exact) mass is 158 g/mol. The topological polar surface area (TPSA) is 38.9 Å². The Morgan fingerprint density at radius 1 is 1.44 bits per heavy atom. The highest BCUT2D eigenvalue weighted by atomic mass is 32.1. The highest BCUT2D eigenvalue weighted by Crippen LogP contribution is 2.16. The van der Waals surface area contributed by atoms with Crippen molar-refractivity contribution in [3.8, 4) is 0 Å². The molecule has 0 aliphatic carbocycles. The summed E-state index contributed by atoms with van der Waals surface area (Å²) in [6.45, 7) is 0. The molecule has 48 valence electrons. The molecule has 4 heteroatoms. The number of nitrogens with zero attached hydrogens (tertiary/aromatic N) is 1. The number of aromatic nitrogens is 1. The number of pyridine rings is 1. The number of hydrogen-bond donors (Lipinski definition) is 3. The van der Waals surface area contributed by atoms with Crippen molar-refractivity contribution in [2.75, 3.05) is 5.73 Å². The van der Waals surface area contributed by atoms with Gasteiger partial charge in [0, 0.05) is 4.90 Å². The molecular weight excluding hydrogens is 152 g/mol. The highest BCUT2D eigenvalue weighted by molar-refractivity contribution is 7.81. The van der Waals surface area contributed by atoms with E-state index < -0.39 is 0 Å². The molecule has 0 atom stereocenters. The number of rotatable bonds is 0. The van der Waals surface area contributed by atoms with Crippen LogP contribution < -0.4 is 5.73 Å². The third kappa shape index (κ3) is 1.53. The Bertz CT molecular complexity index is 224. The van der Waals surface area contributed by atoms with Gasteiger partial charge in [-0.1, -0.05) is 0 Å². The second kappa shape index (κ2) is 2.49. The van der Waals surface area contributed by atoms with Gasteiger partial charge in [-0.25, -0.2) is 4.98 Å². The van der Waals surface area contributed by atoms with Crippen LogP contribution in [-0.2, 0) is 0 Å². The largest absolute Gasteiger partial charge is 0.397 e. The van der Waals surface area contributed by atoms with E-state index in [1.807, 2.05) is 0 Å². The molecule has 0 saturated carbocycles. The van der Waals surface area contributed by atoms with E-state index in [-0.39, 0.29) is 0 Å². The van der Waals surface area contributed by atoms with Gasteiger partial charge in [0.05, 0.1) is 16.9 Å². The third-order valence-electron chi connectivity index (χ3n) is 0.897. The number of anilines is 1. The van der Waals surface area contributed by atoms with E-state index in [9.17, 15) is 0 Å². The summed E-state index contributed by atoms with van der Waals surface area (Å²) in [7, 11) is 0. The van der Waals surface area contributed by atoms with Gasteiger partial charge < -0.3 is 5.73 Å². The molecule has 0 unspecified atom stereocenters. The van der Waals surface area contributed by atoms with Crippen LogP contribution in [0.5, 0.6) is 0 Å². The summed E-state index contributed by atoms with van der Waals surface area (Å²) < 4.78 is 0. The van der Waals surface area contributed by atoms with E-state index in [0.29, 0.717) is 10.7 Å². The first kappa shape index (κ1) is 6.77. The molecule has 0 saturated heterocycles. The SMILES string of the molecule is Nc1cnc(S)cc1S. The van der Waals surface area contributed by atoms with E-state index in [1.165, 1.54) is 6.20 Å². The van der Waals surface area contributed by atoms with E-state index in [4.69, 9.17) is 5.73 Å². The molecule has 2 N–H and O–H groups in total. The van der Waals surface area contributed by atoms with E-state index >= 15 is 0 Å². The van der Waals surface area contributed by atoms with Gasteiger partial charge in [0.25, 0.3) is 0 Å². The van der Waals surface area contributed by atoms with Gasteiger partial charge >= 0.3 is 0 Å². The normalized spacial score (nSPS) is 9.56. The molecule has 1 rings (SSSR count). The Labute approximate surface area is 64.3 Å². The van der Waals surface area contributed by atoms with Gasteiger partial charge in [-0.05, 0) is 6.07 Å². The lowest BCUT2D eigenvalue weighted by Gasteiger charge is -1.96. The van der Waals surface area contributed by atoms with Crippen molar-refractivity contribution in [3.05, 3.63) is 12.3 Å². The van der Waals surface area contributed by atoms with Crippen LogP contribution in [0.2, 0.25) is 0 Å². The first-order chi connectivity index (χ1) is 4.20. The Kier molecular flexibility index (Phi) is 1.87.